The number of nitrogens with zero attached hydrogens (tertiary/aromatic N) is 2. The van der Waals surface area contributed by atoms with Gasteiger partial charge in [0.15, 0.2) is 0 Å². The van der Waals surface area contributed by atoms with E-state index in [9.17, 15) is 4.79 Å². The minimum absolute atomic E-state index is 0.0473. The van der Waals surface area contributed by atoms with E-state index in [1.54, 1.807) is 10.6 Å². The lowest BCUT2D eigenvalue weighted by atomic mass is 10.0. The highest BCUT2D eigenvalue weighted by atomic mass is 16.1. The highest BCUT2D eigenvalue weighted by Gasteiger charge is 2.14. The zero-order valence-electron chi connectivity index (χ0n) is 13.0. The van der Waals surface area contributed by atoms with Crippen LogP contribution in [-0.2, 0) is 6.42 Å². The van der Waals surface area contributed by atoms with Gasteiger partial charge in [-0.2, -0.15) is 5.26 Å². The third-order valence-corrected chi connectivity index (χ3v) is 3.65. The Labute approximate surface area is 125 Å². The topological polar surface area (TPSA) is 45.8 Å². The van der Waals surface area contributed by atoms with Crippen LogP contribution in [0.5, 0.6) is 0 Å². The summed E-state index contributed by atoms with van der Waals surface area (Å²) in [5.74, 6) is 0. The van der Waals surface area contributed by atoms with Crippen molar-refractivity contribution in [2.24, 2.45) is 0 Å². The van der Waals surface area contributed by atoms with Crippen molar-refractivity contribution in [3.63, 3.8) is 0 Å². The summed E-state index contributed by atoms with van der Waals surface area (Å²) in [5, 5.41) is 8.84. The highest BCUT2D eigenvalue weighted by molar-refractivity contribution is 5.65. The van der Waals surface area contributed by atoms with Gasteiger partial charge >= 0.3 is 0 Å². The fourth-order valence-electron chi connectivity index (χ4n) is 2.56. The lowest BCUT2D eigenvalue weighted by Crippen LogP contribution is -2.26. The van der Waals surface area contributed by atoms with Crippen LogP contribution in [0.2, 0.25) is 0 Å². The predicted molar refractivity (Wildman–Crippen MR) is 85.3 cm³/mol. The molecular weight excluding hydrogens is 260 g/mol. The molecule has 0 aliphatic heterocycles. The number of nitriles is 1. The van der Waals surface area contributed by atoms with Crippen LogP contribution in [0.25, 0.3) is 11.3 Å². The fraction of sp³-hybridized carbons (Fsp3) is 0.333. The molecule has 0 saturated heterocycles. The molecule has 2 rings (SSSR count). The Balaban J connectivity index is 2.75. The van der Waals surface area contributed by atoms with E-state index in [0.29, 0.717) is 5.56 Å². The van der Waals surface area contributed by atoms with Crippen molar-refractivity contribution in [3.05, 3.63) is 57.4 Å². The Morgan fingerprint density at radius 2 is 1.90 bits per heavy atom. The van der Waals surface area contributed by atoms with Gasteiger partial charge < -0.3 is 4.57 Å². The number of rotatable bonds is 3. The van der Waals surface area contributed by atoms with Gasteiger partial charge in [0.05, 0.1) is 18.2 Å². The van der Waals surface area contributed by atoms with Gasteiger partial charge in [0.1, 0.15) is 0 Å². The molecule has 1 heterocycles. The maximum absolute atomic E-state index is 12.6. The third kappa shape index (κ3) is 2.90. The summed E-state index contributed by atoms with van der Waals surface area (Å²) in [6, 6.07) is 12.1. The molecule has 3 heteroatoms. The molecule has 0 bridgehead atoms. The van der Waals surface area contributed by atoms with Crippen molar-refractivity contribution >= 4 is 0 Å². The molecule has 0 amide bonds. The highest BCUT2D eigenvalue weighted by Crippen LogP contribution is 2.26. The quantitative estimate of drug-likeness (QED) is 0.859. The van der Waals surface area contributed by atoms with Gasteiger partial charge in [-0.25, -0.2) is 0 Å². The van der Waals surface area contributed by atoms with Gasteiger partial charge in [-0.05, 0) is 45.4 Å². The van der Waals surface area contributed by atoms with E-state index in [-0.39, 0.29) is 18.0 Å². The summed E-state index contributed by atoms with van der Waals surface area (Å²) in [5.41, 5.74) is 4.79. The third-order valence-electron chi connectivity index (χ3n) is 3.65. The summed E-state index contributed by atoms with van der Waals surface area (Å²) in [6.45, 7) is 8.08. The van der Waals surface area contributed by atoms with Crippen LogP contribution in [0, 0.1) is 25.2 Å². The number of benzene rings is 1. The second-order valence-electron chi connectivity index (χ2n) is 5.67. The van der Waals surface area contributed by atoms with Crippen molar-refractivity contribution in [1.29, 1.82) is 5.26 Å². The summed E-state index contributed by atoms with van der Waals surface area (Å²) in [7, 11) is 0. The van der Waals surface area contributed by atoms with Crippen molar-refractivity contribution in [3.8, 4) is 17.3 Å². The molecule has 21 heavy (non-hydrogen) atoms. The minimum Gasteiger partial charge on any atom is -0.306 e. The van der Waals surface area contributed by atoms with Crippen LogP contribution in [-0.4, -0.2) is 4.57 Å². The molecule has 0 spiro atoms. The molecular formula is C18H20N2O. The van der Waals surface area contributed by atoms with Gasteiger partial charge in [0.25, 0.3) is 5.56 Å². The van der Waals surface area contributed by atoms with Crippen molar-refractivity contribution < 1.29 is 0 Å². The molecule has 2 aromatic rings. The Bertz CT molecular complexity index is 764. The number of aromatic nitrogens is 1. The molecule has 0 fully saturated rings. The predicted octanol–water partition coefficient (Wildman–Crippen LogP) is 3.78. The van der Waals surface area contributed by atoms with Gasteiger partial charge in [0, 0.05) is 17.2 Å². The zero-order chi connectivity index (χ0) is 15.6. The molecule has 0 aliphatic rings. The molecule has 0 radical (unpaired) electrons. The minimum atomic E-state index is -0.0649. The Hall–Kier alpha value is -2.34. The second kappa shape index (κ2) is 5.97. The summed E-state index contributed by atoms with van der Waals surface area (Å²) in [4.78, 5) is 12.6. The van der Waals surface area contributed by atoms with Crippen LogP contribution in [0.1, 0.15) is 36.6 Å². The van der Waals surface area contributed by atoms with Crippen LogP contribution in [0.4, 0.5) is 0 Å². The standard InChI is InChI=1S/C18H20N2O/c1-12(2)20-17(8-7-15(9-10-19)18(20)21)16-11-13(3)5-6-14(16)4/h5-8,11-12H,9H2,1-4H3. The van der Waals surface area contributed by atoms with E-state index >= 15 is 0 Å². The van der Waals surface area contributed by atoms with Crippen molar-refractivity contribution in [2.45, 2.75) is 40.2 Å². The molecule has 1 aromatic carbocycles. The molecule has 1 aromatic heterocycles. The normalized spacial score (nSPS) is 10.7. The van der Waals surface area contributed by atoms with Gasteiger partial charge in [-0.3, -0.25) is 4.79 Å². The molecule has 0 saturated carbocycles. The van der Waals surface area contributed by atoms with Crippen LogP contribution >= 0.6 is 0 Å². The molecule has 0 atom stereocenters. The number of hydrogen-bond donors (Lipinski definition) is 0. The van der Waals surface area contributed by atoms with E-state index in [1.807, 2.05) is 33.8 Å². The Kier molecular flexibility index (Phi) is 4.28. The van der Waals surface area contributed by atoms with Gasteiger partial charge in [-0.1, -0.05) is 23.8 Å². The molecule has 3 nitrogen and oxygen atoms in total. The number of hydrogen-bond acceptors (Lipinski definition) is 2. The van der Waals surface area contributed by atoms with Gasteiger partial charge in [-0.15, -0.1) is 0 Å². The summed E-state index contributed by atoms with van der Waals surface area (Å²) < 4.78 is 1.79. The lowest BCUT2D eigenvalue weighted by molar-refractivity contribution is 0.581. The molecule has 0 unspecified atom stereocenters. The zero-order valence-corrected chi connectivity index (χ0v) is 13.0. The van der Waals surface area contributed by atoms with E-state index in [2.05, 4.69) is 24.3 Å². The van der Waals surface area contributed by atoms with Crippen molar-refractivity contribution in [1.82, 2.24) is 4.57 Å². The first-order chi connectivity index (χ1) is 9.95. The molecule has 0 aliphatic carbocycles. The van der Waals surface area contributed by atoms with E-state index in [4.69, 9.17) is 5.26 Å². The largest absolute Gasteiger partial charge is 0.306 e. The monoisotopic (exact) mass is 280 g/mol. The Morgan fingerprint density at radius 3 is 2.52 bits per heavy atom. The Morgan fingerprint density at radius 1 is 1.19 bits per heavy atom. The van der Waals surface area contributed by atoms with Gasteiger partial charge in [0.2, 0.25) is 0 Å². The second-order valence-corrected chi connectivity index (χ2v) is 5.67. The maximum Gasteiger partial charge on any atom is 0.255 e. The first kappa shape index (κ1) is 15.1. The van der Waals surface area contributed by atoms with Crippen LogP contribution in [0.3, 0.4) is 0 Å². The summed E-state index contributed by atoms with van der Waals surface area (Å²) in [6.07, 6.45) is 0.151. The first-order valence-corrected chi connectivity index (χ1v) is 7.14. The fourth-order valence-corrected chi connectivity index (χ4v) is 2.56. The lowest BCUT2D eigenvalue weighted by Gasteiger charge is -2.19. The molecule has 108 valence electrons. The van der Waals surface area contributed by atoms with E-state index in [1.165, 1.54) is 5.56 Å². The van der Waals surface area contributed by atoms with Crippen LogP contribution in [0.15, 0.2) is 35.1 Å². The van der Waals surface area contributed by atoms with Crippen molar-refractivity contribution in [2.75, 3.05) is 0 Å². The SMILES string of the molecule is Cc1ccc(C)c(-c2ccc(CC#N)c(=O)n2C(C)C)c1. The summed E-state index contributed by atoms with van der Waals surface area (Å²) >= 11 is 0. The maximum atomic E-state index is 12.6. The smallest absolute Gasteiger partial charge is 0.255 e. The average Bonchev–Trinajstić information content (AvgIpc) is 2.43. The number of aryl methyl sites for hydroxylation is 2. The van der Waals surface area contributed by atoms with E-state index < -0.39 is 0 Å². The van der Waals surface area contributed by atoms with Crippen LogP contribution < -0.4 is 5.56 Å². The molecule has 0 N–H and O–H groups in total. The van der Waals surface area contributed by atoms with E-state index in [0.717, 1.165) is 16.8 Å². The average molecular weight is 280 g/mol. The first-order valence-electron chi connectivity index (χ1n) is 7.14. The number of pyridine rings is 1.